The average molecular weight is 319 g/mol. The van der Waals surface area contributed by atoms with Crippen molar-refractivity contribution in [3.05, 3.63) is 58.1 Å². The maximum Gasteiger partial charge on any atom is 0.271 e. The number of benzene rings is 2. The zero-order chi connectivity index (χ0) is 16.1. The summed E-state index contributed by atoms with van der Waals surface area (Å²) in [5.41, 5.74) is 4.60. The zero-order valence-corrected chi connectivity index (χ0v) is 12.9. The monoisotopic (exact) mass is 318 g/mol. The van der Waals surface area contributed by atoms with Gasteiger partial charge in [0.05, 0.1) is 18.3 Å². The van der Waals surface area contributed by atoms with E-state index in [0.29, 0.717) is 11.1 Å². The number of amides is 1. The largest absolute Gasteiger partial charge is 0.503 e. The maximum absolute atomic E-state index is 11.9. The molecule has 0 saturated carbocycles. The van der Waals surface area contributed by atoms with Crippen LogP contribution in [-0.2, 0) is 0 Å². The predicted octanol–water partition coefficient (Wildman–Crippen LogP) is 3.13. The topological polar surface area (TPSA) is 70.9 Å². The number of phenols is 1. The van der Waals surface area contributed by atoms with Gasteiger partial charge in [-0.3, -0.25) is 4.79 Å². The Morgan fingerprint density at radius 3 is 2.64 bits per heavy atom. The summed E-state index contributed by atoms with van der Waals surface area (Å²) in [5.74, 6) is -0.211. The lowest BCUT2D eigenvalue weighted by Crippen LogP contribution is -2.17. The molecule has 0 bridgehead atoms. The highest BCUT2D eigenvalue weighted by Crippen LogP contribution is 2.34. The number of phenolic OH excluding ortho intramolecular Hbond substituents is 1. The van der Waals surface area contributed by atoms with Crippen molar-refractivity contribution in [2.75, 3.05) is 7.11 Å². The van der Waals surface area contributed by atoms with Crippen LogP contribution in [0.4, 0.5) is 0 Å². The van der Waals surface area contributed by atoms with E-state index in [1.165, 1.54) is 19.4 Å². The molecule has 2 aromatic carbocycles. The molecule has 0 radical (unpaired) electrons. The van der Waals surface area contributed by atoms with Gasteiger partial charge in [0.15, 0.2) is 11.5 Å². The molecule has 0 aliphatic carbocycles. The first kappa shape index (κ1) is 15.9. The molecule has 0 aliphatic rings. The Kier molecular flexibility index (Phi) is 5.01. The maximum atomic E-state index is 11.9. The van der Waals surface area contributed by atoms with Gasteiger partial charge in [-0.05, 0) is 36.8 Å². The Hall–Kier alpha value is -2.53. The number of aryl methyl sites for hydroxylation is 1. The van der Waals surface area contributed by atoms with Gasteiger partial charge in [-0.1, -0.05) is 29.3 Å². The van der Waals surface area contributed by atoms with Gasteiger partial charge in [-0.15, -0.1) is 0 Å². The Labute approximate surface area is 133 Å². The lowest BCUT2D eigenvalue weighted by Gasteiger charge is -2.06. The molecular formula is C16H15ClN2O3. The summed E-state index contributed by atoms with van der Waals surface area (Å²) in [4.78, 5) is 11.9. The highest BCUT2D eigenvalue weighted by atomic mass is 35.5. The number of carbonyl (C=O) groups is 1. The molecule has 0 saturated heterocycles. The fourth-order valence-electron chi connectivity index (χ4n) is 1.76. The molecule has 2 rings (SSSR count). The average Bonchev–Trinajstić information content (AvgIpc) is 2.51. The first-order valence-corrected chi connectivity index (χ1v) is 6.85. The number of halogens is 1. The molecular weight excluding hydrogens is 304 g/mol. The van der Waals surface area contributed by atoms with E-state index in [4.69, 9.17) is 16.3 Å². The Bertz CT molecular complexity index is 712. The molecule has 0 spiro atoms. The zero-order valence-electron chi connectivity index (χ0n) is 12.1. The van der Waals surface area contributed by atoms with Gasteiger partial charge < -0.3 is 9.84 Å². The first-order valence-electron chi connectivity index (χ1n) is 6.48. The molecule has 0 fully saturated rings. The summed E-state index contributed by atoms with van der Waals surface area (Å²) in [7, 11) is 1.42. The lowest BCUT2D eigenvalue weighted by atomic mass is 10.1. The quantitative estimate of drug-likeness (QED) is 0.672. The third-order valence-corrected chi connectivity index (χ3v) is 3.25. The fraction of sp³-hybridized carbons (Fsp3) is 0.125. The van der Waals surface area contributed by atoms with Crippen LogP contribution in [0.25, 0.3) is 0 Å². The Morgan fingerprint density at radius 1 is 1.32 bits per heavy atom. The highest BCUT2D eigenvalue weighted by Gasteiger charge is 2.08. The summed E-state index contributed by atoms with van der Waals surface area (Å²) in [6, 6.07) is 10.2. The van der Waals surface area contributed by atoms with Gasteiger partial charge in [0.2, 0.25) is 0 Å². The molecule has 2 aromatic rings. The molecule has 0 unspecified atom stereocenters. The van der Waals surface area contributed by atoms with E-state index in [1.807, 2.05) is 19.1 Å². The normalized spacial score (nSPS) is 10.7. The van der Waals surface area contributed by atoms with Crippen LogP contribution in [0.3, 0.4) is 0 Å². The second-order valence-corrected chi connectivity index (χ2v) is 5.03. The van der Waals surface area contributed by atoms with E-state index in [-0.39, 0.29) is 22.4 Å². The molecule has 5 nitrogen and oxygen atoms in total. The number of ether oxygens (including phenoxy) is 1. The van der Waals surface area contributed by atoms with Crippen LogP contribution in [-0.4, -0.2) is 24.3 Å². The van der Waals surface area contributed by atoms with Gasteiger partial charge in [0, 0.05) is 5.56 Å². The van der Waals surface area contributed by atoms with Crippen LogP contribution in [0.15, 0.2) is 41.5 Å². The molecule has 1 amide bonds. The Morgan fingerprint density at radius 2 is 2.00 bits per heavy atom. The van der Waals surface area contributed by atoms with Crippen LogP contribution in [0.1, 0.15) is 21.5 Å². The van der Waals surface area contributed by atoms with E-state index >= 15 is 0 Å². The molecule has 2 N–H and O–H groups in total. The first-order chi connectivity index (χ1) is 10.5. The van der Waals surface area contributed by atoms with E-state index in [1.54, 1.807) is 18.2 Å². The van der Waals surface area contributed by atoms with Crippen molar-refractivity contribution in [2.24, 2.45) is 5.10 Å². The third-order valence-electron chi connectivity index (χ3n) is 2.96. The molecule has 114 valence electrons. The third kappa shape index (κ3) is 3.77. The summed E-state index contributed by atoms with van der Waals surface area (Å²) in [6.45, 7) is 1.95. The number of hydrogen-bond donors (Lipinski definition) is 2. The second-order valence-electron chi connectivity index (χ2n) is 4.62. The predicted molar refractivity (Wildman–Crippen MR) is 85.9 cm³/mol. The van der Waals surface area contributed by atoms with Crippen molar-refractivity contribution in [1.29, 1.82) is 0 Å². The molecule has 6 heteroatoms. The van der Waals surface area contributed by atoms with Gasteiger partial charge >= 0.3 is 0 Å². The number of methoxy groups -OCH3 is 1. The number of nitrogens with one attached hydrogen (secondary N) is 1. The van der Waals surface area contributed by atoms with Crippen LogP contribution >= 0.6 is 11.6 Å². The molecule has 0 aliphatic heterocycles. The SMILES string of the molecule is COc1cc(/C=N/NC(=O)c2ccc(C)cc2)cc(Cl)c1O. The van der Waals surface area contributed by atoms with Gasteiger partial charge in [-0.2, -0.15) is 5.10 Å². The number of hydrogen-bond acceptors (Lipinski definition) is 4. The van der Waals surface area contributed by atoms with Crippen LogP contribution in [0.2, 0.25) is 5.02 Å². The Balaban J connectivity index is 2.08. The molecule has 0 heterocycles. The number of rotatable bonds is 4. The summed E-state index contributed by atoms with van der Waals surface area (Å²) < 4.78 is 4.99. The fourth-order valence-corrected chi connectivity index (χ4v) is 1.98. The minimum Gasteiger partial charge on any atom is -0.503 e. The van der Waals surface area contributed by atoms with Crippen molar-refractivity contribution < 1.29 is 14.6 Å². The number of aromatic hydroxyl groups is 1. The van der Waals surface area contributed by atoms with Crippen molar-refractivity contribution in [1.82, 2.24) is 5.43 Å². The summed E-state index contributed by atoms with van der Waals surface area (Å²) in [5, 5.41) is 13.6. The van der Waals surface area contributed by atoms with Crippen molar-refractivity contribution in [3.63, 3.8) is 0 Å². The van der Waals surface area contributed by atoms with E-state index in [0.717, 1.165) is 5.56 Å². The van der Waals surface area contributed by atoms with Gasteiger partial charge in [0.25, 0.3) is 5.91 Å². The van der Waals surface area contributed by atoms with E-state index in [9.17, 15) is 9.90 Å². The standard InChI is InChI=1S/C16H15ClN2O3/c1-10-3-5-12(6-4-10)16(21)19-18-9-11-7-13(17)15(20)14(8-11)22-2/h3-9,20H,1-2H3,(H,19,21)/b18-9+. The van der Waals surface area contributed by atoms with Crippen LogP contribution in [0, 0.1) is 6.92 Å². The molecule has 22 heavy (non-hydrogen) atoms. The number of nitrogens with zero attached hydrogens (tertiary/aromatic N) is 1. The van der Waals surface area contributed by atoms with Crippen LogP contribution < -0.4 is 10.2 Å². The summed E-state index contributed by atoms with van der Waals surface area (Å²) in [6.07, 6.45) is 1.42. The van der Waals surface area contributed by atoms with E-state index in [2.05, 4.69) is 10.5 Å². The smallest absolute Gasteiger partial charge is 0.271 e. The lowest BCUT2D eigenvalue weighted by molar-refractivity contribution is 0.0955. The van der Waals surface area contributed by atoms with Crippen molar-refractivity contribution >= 4 is 23.7 Å². The minimum absolute atomic E-state index is 0.134. The minimum atomic E-state index is -0.312. The van der Waals surface area contributed by atoms with Crippen LogP contribution in [0.5, 0.6) is 11.5 Å². The number of hydrazone groups is 1. The molecule has 0 atom stereocenters. The van der Waals surface area contributed by atoms with Crippen molar-refractivity contribution in [3.8, 4) is 11.5 Å². The van der Waals surface area contributed by atoms with Gasteiger partial charge in [-0.25, -0.2) is 5.43 Å². The highest BCUT2D eigenvalue weighted by molar-refractivity contribution is 6.32. The molecule has 0 aromatic heterocycles. The number of carbonyl (C=O) groups excluding carboxylic acids is 1. The second kappa shape index (κ2) is 6.95. The summed E-state index contributed by atoms with van der Waals surface area (Å²) >= 11 is 5.87. The van der Waals surface area contributed by atoms with Crippen molar-refractivity contribution in [2.45, 2.75) is 6.92 Å². The van der Waals surface area contributed by atoms with Gasteiger partial charge in [0.1, 0.15) is 0 Å². The van der Waals surface area contributed by atoms with E-state index < -0.39 is 0 Å².